The van der Waals surface area contributed by atoms with Gasteiger partial charge in [0, 0.05) is 10.8 Å². The lowest BCUT2D eigenvalue weighted by atomic mass is 9.48. The van der Waals surface area contributed by atoms with Crippen LogP contribution in [0.2, 0.25) is 0 Å². The zero-order valence-corrected chi connectivity index (χ0v) is 17.4. The highest BCUT2D eigenvalue weighted by Gasteiger charge is 2.59. The predicted octanol–water partition coefficient (Wildman–Crippen LogP) is 5.52. The minimum Gasteiger partial charge on any atom is -0.458 e. The summed E-state index contributed by atoms with van der Waals surface area (Å²) in [4.78, 5) is 24.6. The molecule has 1 aromatic carbocycles. The molecule has 0 N–H and O–H groups in total. The second kappa shape index (κ2) is 6.68. The number of ether oxygens (including phenoxy) is 1. The third kappa shape index (κ3) is 2.85. The van der Waals surface area contributed by atoms with Gasteiger partial charge in [0.15, 0.2) is 5.78 Å². The molecule has 3 nitrogen and oxygen atoms in total. The molecule has 6 atom stereocenters. The molecular weight excluding hydrogens is 360 g/mol. The summed E-state index contributed by atoms with van der Waals surface area (Å²) in [5.74, 6) is 1.79. The lowest BCUT2D eigenvalue weighted by molar-refractivity contribution is -0.111. The molecule has 0 aliphatic heterocycles. The van der Waals surface area contributed by atoms with E-state index in [9.17, 15) is 9.59 Å². The van der Waals surface area contributed by atoms with E-state index in [1.54, 1.807) is 6.08 Å². The first-order valence-corrected chi connectivity index (χ1v) is 11.1. The number of esters is 1. The number of carbonyl (C=O) groups excluding carboxylic acids is 2. The van der Waals surface area contributed by atoms with Gasteiger partial charge >= 0.3 is 5.97 Å². The number of hydrogen-bond donors (Lipinski definition) is 0. The Hall–Kier alpha value is -2.16. The topological polar surface area (TPSA) is 43.4 Å². The van der Waals surface area contributed by atoms with Gasteiger partial charge < -0.3 is 4.74 Å². The van der Waals surface area contributed by atoms with E-state index in [4.69, 9.17) is 4.74 Å². The van der Waals surface area contributed by atoms with Crippen LogP contribution >= 0.6 is 0 Å². The fourth-order valence-electron chi connectivity index (χ4n) is 7.11. The van der Waals surface area contributed by atoms with Crippen molar-refractivity contribution in [2.45, 2.75) is 58.5 Å². The summed E-state index contributed by atoms with van der Waals surface area (Å²) in [6, 6.07) is 9.36. The zero-order valence-electron chi connectivity index (χ0n) is 17.4. The minimum absolute atomic E-state index is 0.00868. The maximum atomic E-state index is 12.7. The first-order valence-electron chi connectivity index (χ1n) is 11.1. The Balaban J connectivity index is 1.37. The third-order valence-electron chi connectivity index (χ3n) is 8.73. The number of ketones is 1. The van der Waals surface area contributed by atoms with Crippen molar-refractivity contribution in [3.8, 4) is 0 Å². The van der Waals surface area contributed by atoms with Crippen LogP contribution in [0.5, 0.6) is 0 Å². The average Bonchev–Trinajstić information content (AvgIpc) is 3.05. The van der Waals surface area contributed by atoms with E-state index in [2.05, 4.69) is 19.9 Å². The number of carbonyl (C=O) groups is 2. The second-order valence-electron chi connectivity index (χ2n) is 9.99. The van der Waals surface area contributed by atoms with Gasteiger partial charge in [-0.05, 0) is 80.6 Å². The van der Waals surface area contributed by atoms with Crippen LogP contribution in [0.4, 0.5) is 0 Å². The van der Waals surface area contributed by atoms with Gasteiger partial charge in [0.2, 0.25) is 0 Å². The molecule has 152 valence electrons. The molecule has 3 saturated carbocycles. The molecule has 4 aliphatic rings. The summed E-state index contributed by atoms with van der Waals surface area (Å²) < 4.78 is 6.09. The average molecular weight is 391 g/mol. The Labute approximate surface area is 173 Å². The Morgan fingerprint density at radius 3 is 2.62 bits per heavy atom. The van der Waals surface area contributed by atoms with E-state index in [0.717, 1.165) is 38.5 Å². The monoisotopic (exact) mass is 390 g/mol. The maximum absolute atomic E-state index is 12.7. The van der Waals surface area contributed by atoms with Crippen LogP contribution in [0.3, 0.4) is 0 Å². The minimum atomic E-state index is -0.186. The largest absolute Gasteiger partial charge is 0.458 e. The van der Waals surface area contributed by atoms with Crippen molar-refractivity contribution in [3.63, 3.8) is 0 Å². The van der Waals surface area contributed by atoms with Crippen molar-refractivity contribution in [3.05, 3.63) is 59.7 Å². The summed E-state index contributed by atoms with van der Waals surface area (Å²) in [7, 11) is 0. The Morgan fingerprint density at radius 2 is 1.83 bits per heavy atom. The normalized spacial score (nSPS) is 40.5. The SMILES string of the molecule is C[C@@]12CC[C@@H]3[C@H](CCC4=CC(=O)C=C[C@@]43C)[C@H]1CC[C@@H]2OC(=O)c1ccccc1. The number of fused-ring (bicyclic) bond motifs is 5. The molecule has 5 rings (SSSR count). The fourth-order valence-corrected chi connectivity index (χ4v) is 7.11. The highest BCUT2D eigenvalue weighted by atomic mass is 16.5. The van der Waals surface area contributed by atoms with Crippen molar-refractivity contribution in [1.82, 2.24) is 0 Å². The molecule has 3 fully saturated rings. The van der Waals surface area contributed by atoms with Crippen molar-refractivity contribution in [2.24, 2.45) is 28.6 Å². The van der Waals surface area contributed by atoms with Crippen molar-refractivity contribution < 1.29 is 14.3 Å². The van der Waals surface area contributed by atoms with Gasteiger partial charge in [-0.3, -0.25) is 4.79 Å². The van der Waals surface area contributed by atoms with Crippen LogP contribution in [-0.2, 0) is 9.53 Å². The van der Waals surface area contributed by atoms with Gasteiger partial charge in [0.1, 0.15) is 6.10 Å². The second-order valence-corrected chi connectivity index (χ2v) is 9.99. The Kier molecular flexibility index (Phi) is 4.34. The molecule has 1 aromatic rings. The van der Waals surface area contributed by atoms with Crippen LogP contribution in [0.15, 0.2) is 54.1 Å². The lowest BCUT2D eigenvalue weighted by Gasteiger charge is -2.56. The van der Waals surface area contributed by atoms with E-state index < -0.39 is 0 Å². The maximum Gasteiger partial charge on any atom is 0.338 e. The summed E-state index contributed by atoms with van der Waals surface area (Å²) in [6.07, 6.45) is 12.4. The molecule has 29 heavy (non-hydrogen) atoms. The van der Waals surface area contributed by atoms with Crippen LogP contribution in [0, 0.1) is 28.6 Å². The Bertz CT molecular complexity index is 898. The summed E-state index contributed by atoms with van der Waals surface area (Å²) >= 11 is 0. The lowest BCUT2D eigenvalue weighted by Crippen LogP contribution is -2.51. The van der Waals surface area contributed by atoms with E-state index in [0.29, 0.717) is 23.3 Å². The van der Waals surface area contributed by atoms with E-state index >= 15 is 0 Å². The summed E-state index contributed by atoms with van der Waals surface area (Å²) in [6.45, 7) is 4.70. The van der Waals surface area contributed by atoms with Gasteiger partial charge in [-0.15, -0.1) is 0 Å². The predicted molar refractivity (Wildman–Crippen MR) is 112 cm³/mol. The van der Waals surface area contributed by atoms with Crippen LogP contribution in [0.1, 0.15) is 62.7 Å². The molecule has 0 amide bonds. The number of allylic oxidation sites excluding steroid dienone is 4. The molecule has 0 aromatic heterocycles. The molecule has 0 spiro atoms. The Morgan fingerprint density at radius 1 is 1.03 bits per heavy atom. The quantitative estimate of drug-likeness (QED) is 0.625. The van der Waals surface area contributed by atoms with Gasteiger partial charge in [-0.1, -0.05) is 43.7 Å². The number of rotatable bonds is 2. The highest BCUT2D eigenvalue weighted by Crippen LogP contribution is 2.64. The fraction of sp³-hybridized carbons (Fsp3) is 0.538. The first-order chi connectivity index (χ1) is 13.9. The number of hydrogen-bond acceptors (Lipinski definition) is 3. The van der Waals surface area contributed by atoms with Gasteiger partial charge in [0.05, 0.1) is 5.56 Å². The van der Waals surface area contributed by atoms with Gasteiger partial charge in [-0.25, -0.2) is 4.79 Å². The van der Waals surface area contributed by atoms with Crippen molar-refractivity contribution >= 4 is 11.8 Å². The summed E-state index contributed by atoms with van der Waals surface area (Å²) in [5, 5.41) is 0. The third-order valence-corrected chi connectivity index (χ3v) is 8.73. The molecule has 0 unspecified atom stereocenters. The smallest absolute Gasteiger partial charge is 0.338 e. The van der Waals surface area contributed by atoms with E-state index in [-0.39, 0.29) is 28.7 Å². The summed E-state index contributed by atoms with van der Waals surface area (Å²) in [5.41, 5.74) is 2.07. The number of benzene rings is 1. The standard InChI is InChI=1S/C26H30O3/c1-25-14-12-19(27)16-18(25)8-9-20-21-10-11-23(26(21,2)15-13-22(20)25)29-24(28)17-6-4-3-5-7-17/h3-7,12,14,16,20-23H,8-11,13,15H2,1-2H3/t20-,21-,22-,23+,25+,26-/m1/s1. The molecular formula is C26H30O3. The molecule has 3 heteroatoms. The van der Waals surface area contributed by atoms with Crippen LogP contribution < -0.4 is 0 Å². The van der Waals surface area contributed by atoms with Crippen molar-refractivity contribution in [2.75, 3.05) is 0 Å². The van der Waals surface area contributed by atoms with Crippen LogP contribution in [0.25, 0.3) is 0 Å². The molecule has 0 radical (unpaired) electrons. The van der Waals surface area contributed by atoms with Gasteiger partial charge in [0.25, 0.3) is 0 Å². The molecule has 0 heterocycles. The van der Waals surface area contributed by atoms with E-state index in [1.807, 2.05) is 36.4 Å². The molecule has 0 bridgehead atoms. The van der Waals surface area contributed by atoms with Crippen molar-refractivity contribution in [1.29, 1.82) is 0 Å². The van der Waals surface area contributed by atoms with E-state index in [1.165, 1.54) is 5.57 Å². The first kappa shape index (κ1) is 18.8. The molecule has 0 saturated heterocycles. The highest BCUT2D eigenvalue weighted by molar-refractivity contribution is 6.01. The zero-order chi connectivity index (χ0) is 20.2. The molecule has 4 aliphatic carbocycles. The van der Waals surface area contributed by atoms with Gasteiger partial charge in [-0.2, -0.15) is 0 Å². The van der Waals surface area contributed by atoms with Crippen LogP contribution in [-0.4, -0.2) is 17.9 Å².